The lowest BCUT2D eigenvalue weighted by Crippen LogP contribution is -2.64. The Hall–Kier alpha value is -2.93. The van der Waals surface area contributed by atoms with Crippen LogP contribution in [0.2, 0.25) is 0 Å². The molecule has 5 atom stereocenters. The molecule has 12 nitrogen and oxygen atoms in total. The Labute approximate surface area is 202 Å². The van der Waals surface area contributed by atoms with Crippen LogP contribution in [-0.2, 0) is 56.0 Å². The first kappa shape index (κ1) is 29.1. The molecule has 34 heavy (non-hydrogen) atoms. The van der Waals surface area contributed by atoms with Crippen molar-refractivity contribution in [1.29, 1.82) is 0 Å². The minimum atomic E-state index is -1.57. The maximum absolute atomic E-state index is 12.4. The Morgan fingerprint density at radius 3 is 2.03 bits per heavy atom. The topological polar surface area (TPSA) is 170 Å². The second kappa shape index (κ2) is 13.1. The number of hydrogen-bond acceptors (Lipinski definition) is 12. The van der Waals surface area contributed by atoms with Gasteiger partial charge in [-0.15, -0.1) is 12.4 Å². The van der Waals surface area contributed by atoms with E-state index in [9.17, 15) is 24.3 Å². The van der Waals surface area contributed by atoms with Crippen LogP contribution in [0.4, 0.5) is 0 Å². The molecule has 0 aromatic heterocycles. The summed E-state index contributed by atoms with van der Waals surface area (Å²) < 4.78 is 32.1. The molecule has 0 amide bonds. The number of aliphatic hydroxyl groups is 1. The van der Waals surface area contributed by atoms with E-state index in [2.05, 4.69) is 0 Å². The molecule has 13 heteroatoms. The first-order valence-corrected chi connectivity index (χ1v) is 9.95. The van der Waals surface area contributed by atoms with Crippen LogP contribution in [0.5, 0.6) is 5.75 Å². The zero-order valence-electron chi connectivity index (χ0n) is 19.0. The highest BCUT2D eigenvalue weighted by Crippen LogP contribution is 2.32. The van der Waals surface area contributed by atoms with E-state index in [1.807, 2.05) is 0 Å². The zero-order valence-corrected chi connectivity index (χ0v) is 19.9. The molecule has 0 bridgehead atoms. The van der Waals surface area contributed by atoms with Gasteiger partial charge in [0.15, 0.2) is 18.3 Å². The molecule has 2 rings (SSSR count). The van der Waals surface area contributed by atoms with Crippen LogP contribution in [0.25, 0.3) is 0 Å². The Morgan fingerprint density at radius 1 is 0.971 bits per heavy atom. The van der Waals surface area contributed by atoms with Gasteiger partial charge < -0.3 is 39.3 Å². The maximum Gasteiger partial charge on any atom is 0.339 e. The van der Waals surface area contributed by atoms with Crippen molar-refractivity contribution in [2.75, 3.05) is 7.11 Å². The Balaban J connectivity index is 0.00000578. The molecule has 1 fully saturated rings. The van der Waals surface area contributed by atoms with Crippen LogP contribution >= 0.6 is 12.4 Å². The molecule has 1 saturated heterocycles. The third-order valence-electron chi connectivity index (χ3n) is 4.61. The summed E-state index contributed by atoms with van der Waals surface area (Å²) >= 11 is 0. The molecular formula is C21H28ClNO11. The minimum absolute atomic E-state index is 0. The Bertz CT molecular complexity index is 893. The molecule has 1 heterocycles. The monoisotopic (exact) mass is 505 g/mol. The van der Waals surface area contributed by atoms with Crippen LogP contribution in [-0.4, -0.2) is 66.8 Å². The average molecular weight is 506 g/mol. The van der Waals surface area contributed by atoms with Gasteiger partial charge in [0.25, 0.3) is 0 Å². The summed E-state index contributed by atoms with van der Waals surface area (Å²) in [5.41, 5.74) is 6.83. The lowest BCUT2D eigenvalue weighted by Gasteiger charge is -2.43. The predicted octanol–water partition coefficient (Wildman–Crippen LogP) is 0.131. The predicted molar refractivity (Wildman–Crippen MR) is 115 cm³/mol. The van der Waals surface area contributed by atoms with Gasteiger partial charge in [-0.3, -0.25) is 14.4 Å². The highest BCUT2D eigenvalue weighted by Gasteiger charge is 2.55. The molecule has 1 aromatic rings. The largest absolute Gasteiger partial charge is 0.467 e. The molecule has 1 aromatic carbocycles. The average Bonchev–Trinajstić information content (AvgIpc) is 2.76. The third-order valence-corrected chi connectivity index (χ3v) is 4.61. The summed E-state index contributed by atoms with van der Waals surface area (Å²) in [6.07, 6.45) is -7.44. The highest BCUT2D eigenvalue weighted by molar-refractivity contribution is 5.85. The van der Waals surface area contributed by atoms with E-state index in [1.54, 1.807) is 12.1 Å². The first-order valence-electron chi connectivity index (χ1n) is 9.95. The standard InChI is InChI=1S/C21H27NO11.ClH/c1-10(24)29-16-17(30-11(2)25)19(31-12(3)26)21(33-18(16)20(27)28-4)32-15-6-5-13(9-23)7-14(15)8-22;/h5-7,16-19,21,23H,8-9,22H2,1-4H3;1H/t16-,17-,18-,19+,21+;/m0./s1. The normalized spacial score (nSPS) is 23.6. The summed E-state index contributed by atoms with van der Waals surface area (Å²) in [4.78, 5) is 47.8. The lowest BCUT2D eigenvalue weighted by molar-refractivity contribution is -0.282. The van der Waals surface area contributed by atoms with Crippen molar-refractivity contribution in [3.05, 3.63) is 29.3 Å². The van der Waals surface area contributed by atoms with E-state index in [0.29, 0.717) is 11.1 Å². The molecule has 0 spiro atoms. The molecular weight excluding hydrogens is 478 g/mol. The molecule has 1 aliphatic rings. The van der Waals surface area contributed by atoms with Crippen molar-refractivity contribution in [3.63, 3.8) is 0 Å². The summed E-state index contributed by atoms with van der Waals surface area (Å²) in [7, 11) is 1.09. The Morgan fingerprint density at radius 2 is 1.53 bits per heavy atom. The number of carbonyl (C=O) groups is 4. The van der Waals surface area contributed by atoms with Crippen molar-refractivity contribution in [2.24, 2.45) is 5.73 Å². The van der Waals surface area contributed by atoms with Crippen LogP contribution in [0.1, 0.15) is 31.9 Å². The smallest absolute Gasteiger partial charge is 0.339 e. The number of halogens is 1. The molecule has 0 radical (unpaired) electrons. The number of rotatable bonds is 8. The summed E-state index contributed by atoms with van der Waals surface area (Å²) in [6, 6.07) is 4.68. The van der Waals surface area contributed by atoms with Crippen molar-refractivity contribution in [1.82, 2.24) is 0 Å². The third kappa shape index (κ3) is 7.29. The van der Waals surface area contributed by atoms with Crippen molar-refractivity contribution >= 4 is 36.3 Å². The SMILES string of the molecule is COC(=O)[C@H]1O[C@@H](Oc2ccc(CO)cc2CN)[C@H](OC(C)=O)[C@@H](OC(C)=O)[C@@H]1OC(C)=O.Cl. The van der Waals surface area contributed by atoms with Gasteiger partial charge in [-0.25, -0.2) is 4.79 Å². The van der Waals surface area contributed by atoms with Crippen LogP contribution < -0.4 is 10.5 Å². The molecule has 3 N–H and O–H groups in total. The van der Waals surface area contributed by atoms with E-state index in [-0.39, 0.29) is 31.3 Å². The van der Waals surface area contributed by atoms with Gasteiger partial charge in [0.05, 0.1) is 13.7 Å². The van der Waals surface area contributed by atoms with Crippen LogP contribution in [0.3, 0.4) is 0 Å². The van der Waals surface area contributed by atoms with Crippen molar-refractivity contribution < 1.29 is 52.7 Å². The fourth-order valence-corrected chi connectivity index (χ4v) is 3.31. The fourth-order valence-electron chi connectivity index (χ4n) is 3.31. The molecule has 190 valence electrons. The number of esters is 4. The Kier molecular flexibility index (Phi) is 11.2. The number of methoxy groups -OCH3 is 1. The molecule has 0 saturated carbocycles. The van der Waals surface area contributed by atoms with Crippen molar-refractivity contribution in [3.8, 4) is 5.75 Å². The van der Waals surface area contributed by atoms with Crippen LogP contribution in [0.15, 0.2) is 18.2 Å². The number of ether oxygens (including phenoxy) is 6. The van der Waals surface area contributed by atoms with Gasteiger partial charge in [-0.1, -0.05) is 6.07 Å². The van der Waals surface area contributed by atoms with Gasteiger partial charge in [-0.05, 0) is 17.7 Å². The van der Waals surface area contributed by atoms with Crippen LogP contribution in [0, 0.1) is 0 Å². The van der Waals surface area contributed by atoms with Crippen molar-refractivity contribution in [2.45, 2.75) is 64.6 Å². The first-order chi connectivity index (χ1) is 15.6. The zero-order chi connectivity index (χ0) is 24.7. The summed E-state index contributed by atoms with van der Waals surface area (Å²) in [5, 5.41) is 9.35. The minimum Gasteiger partial charge on any atom is -0.467 e. The number of carbonyl (C=O) groups excluding carboxylic acids is 4. The van der Waals surface area contributed by atoms with E-state index >= 15 is 0 Å². The van der Waals surface area contributed by atoms with E-state index in [0.717, 1.165) is 27.9 Å². The highest BCUT2D eigenvalue weighted by atomic mass is 35.5. The van der Waals surface area contributed by atoms with E-state index in [1.165, 1.54) is 6.07 Å². The van der Waals surface area contributed by atoms with E-state index < -0.39 is 54.6 Å². The molecule has 0 unspecified atom stereocenters. The van der Waals surface area contributed by atoms with Gasteiger partial charge in [0.2, 0.25) is 12.4 Å². The molecule has 0 aliphatic carbocycles. The second-order valence-corrected chi connectivity index (χ2v) is 7.09. The van der Waals surface area contributed by atoms with Gasteiger partial charge in [0.1, 0.15) is 5.75 Å². The van der Waals surface area contributed by atoms with Gasteiger partial charge in [0, 0.05) is 32.9 Å². The number of nitrogens with two attached hydrogens (primary N) is 1. The van der Waals surface area contributed by atoms with Gasteiger partial charge in [-0.2, -0.15) is 0 Å². The quantitative estimate of drug-likeness (QED) is 0.362. The lowest BCUT2D eigenvalue weighted by atomic mass is 9.97. The summed E-state index contributed by atoms with van der Waals surface area (Å²) in [6.45, 7) is 3.08. The van der Waals surface area contributed by atoms with E-state index in [4.69, 9.17) is 34.2 Å². The number of aliphatic hydroxyl groups excluding tert-OH is 1. The number of benzene rings is 1. The summed E-state index contributed by atoms with van der Waals surface area (Å²) in [5.74, 6) is -3.12. The maximum atomic E-state index is 12.4. The fraction of sp³-hybridized carbons (Fsp3) is 0.524. The number of hydrogen-bond donors (Lipinski definition) is 2. The molecule has 1 aliphatic heterocycles. The second-order valence-electron chi connectivity index (χ2n) is 7.09. The van der Waals surface area contributed by atoms with Gasteiger partial charge >= 0.3 is 23.9 Å².